The molecular formula is C60H64N2. The first-order chi connectivity index (χ1) is 30.7. The molecule has 314 valence electrons. The molecule has 2 heterocycles. The van der Waals surface area contributed by atoms with E-state index in [1.54, 1.807) is 22.3 Å². The fourth-order valence-corrected chi connectivity index (χ4v) is 13.4. The number of allylic oxidation sites excluding steroid dienone is 19. The van der Waals surface area contributed by atoms with Crippen molar-refractivity contribution >= 4 is 12.2 Å². The number of rotatable bonds is 7. The Morgan fingerprint density at radius 3 is 2.39 bits per heavy atom. The van der Waals surface area contributed by atoms with E-state index in [1.807, 2.05) is 0 Å². The van der Waals surface area contributed by atoms with Crippen molar-refractivity contribution in [3.8, 4) is 5.69 Å². The van der Waals surface area contributed by atoms with Crippen LogP contribution < -0.4 is 0 Å². The van der Waals surface area contributed by atoms with Crippen molar-refractivity contribution in [3.63, 3.8) is 0 Å². The van der Waals surface area contributed by atoms with Gasteiger partial charge >= 0.3 is 0 Å². The first kappa shape index (κ1) is 38.7. The van der Waals surface area contributed by atoms with Crippen LogP contribution in [-0.4, -0.2) is 27.6 Å². The molecule has 2 nitrogen and oxygen atoms in total. The van der Waals surface area contributed by atoms with Gasteiger partial charge in [-0.2, -0.15) is 0 Å². The molecule has 9 aliphatic carbocycles. The van der Waals surface area contributed by atoms with Gasteiger partial charge in [0.1, 0.15) is 0 Å². The molecule has 1 fully saturated rings. The van der Waals surface area contributed by atoms with Crippen LogP contribution in [0.15, 0.2) is 167 Å². The summed E-state index contributed by atoms with van der Waals surface area (Å²) >= 11 is 0. The Kier molecular flexibility index (Phi) is 10.4. The lowest BCUT2D eigenvalue weighted by molar-refractivity contribution is 0.184. The Morgan fingerprint density at radius 1 is 0.581 bits per heavy atom. The maximum absolute atomic E-state index is 2.95. The zero-order chi connectivity index (χ0) is 41.0. The summed E-state index contributed by atoms with van der Waals surface area (Å²) in [6, 6.07) is 11.2. The van der Waals surface area contributed by atoms with Crippen LogP contribution in [0.2, 0.25) is 0 Å². The number of hydrogen-bond donors (Lipinski definition) is 0. The topological polar surface area (TPSA) is 8.17 Å². The highest BCUT2D eigenvalue weighted by atomic mass is 15.2. The smallest absolute Gasteiger partial charge is 0.0494 e. The SMILES string of the molecule is C1=CCCC(C2=CC(C3C=CCCC3)=CC(c3ccc(-n4c5c(c6c4CC(C4=CC7C(C=C4)C4CCC=CC4N7C4C=C(C7=CCCCC7)C=CC4)C=C6)CCC=C5)cc3)C2)=C1. The molecule has 62 heavy (non-hydrogen) atoms. The molecular weight excluding hydrogens is 749 g/mol. The van der Waals surface area contributed by atoms with E-state index in [4.69, 9.17) is 0 Å². The van der Waals surface area contributed by atoms with E-state index in [0.717, 1.165) is 44.9 Å². The van der Waals surface area contributed by atoms with E-state index in [2.05, 4.69) is 155 Å². The Balaban J connectivity index is 0.850. The van der Waals surface area contributed by atoms with Crippen LogP contribution in [0.25, 0.3) is 17.8 Å². The molecule has 0 amide bonds. The van der Waals surface area contributed by atoms with Crippen LogP contribution in [0, 0.1) is 23.7 Å². The minimum atomic E-state index is 0.372. The monoisotopic (exact) mass is 813 g/mol. The van der Waals surface area contributed by atoms with E-state index in [9.17, 15) is 0 Å². The number of fused-ring (bicyclic) bond motifs is 6. The van der Waals surface area contributed by atoms with Crippen molar-refractivity contribution in [2.24, 2.45) is 23.7 Å². The first-order valence-electron chi connectivity index (χ1n) is 24.8. The zero-order valence-electron chi connectivity index (χ0n) is 36.7. The molecule has 8 atom stereocenters. The van der Waals surface area contributed by atoms with Crippen molar-refractivity contribution in [1.29, 1.82) is 0 Å². The normalized spacial score (nSPS) is 32.2. The van der Waals surface area contributed by atoms with E-state index in [0.29, 0.717) is 47.7 Å². The lowest BCUT2D eigenvalue weighted by Crippen LogP contribution is -2.44. The highest BCUT2D eigenvalue weighted by molar-refractivity contribution is 5.72. The summed E-state index contributed by atoms with van der Waals surface area (Å²) in [4.78, 5) is 2.95. The molecule has 10 aliphatic rings. The third-order valence-electron chi connectivity index (χ3n) is 16.5. The van der Waals surface area contributed by atoms with Gasteiger partial charge in [-0.25, -0.2) is 0 Å². The van der Waals surface area contributed by atoms with Crippen molar-refractivity contribution in [2.75, 3.05) is 0 Å². The van der Waals surface area contributed by atoms with Crippen molar-refractivity contribution < 1.29 is 0 Å². The molecule has 1 aromatic carbocycles. The molecule has 1 aliphatic heterocycles. The van der Waals surface area contributed by atoms with E-state index < -0.39 is 0 Å². The molecule has 0 radical (unpaired) electrons. The summed E-state index contributed by atoms with van der Waals surface area (Å²) in [6.07, 6.45) is 69.3. The van der Waals surface area contributed by atoms with Gasteiger partial charge in [-0.1, -0.05) is 128 Å². The molecule has 0 saturated carbocycles. The second-order valence-electron chi connectivity index (χ2n) is 20.0. The summed E-state index contributed by atoms with van der Waals surface area (Å²) in [5, 5.41) is 0. The number of hydrogen-bond acceptors (Lipinski definition) is 1. The Morgan fingerprint density at radius 2 is 1.52 bits per heavy atom. The van der Waals surface area contributed by atoms with Gasteiger partial charge < -0.3 is 4.57 Å². The highest BCUT2D eigenvalue weighted by Crippen LogP contribution is 2.49. The molecule has 0 bridgehead atoms. The van der Waals surface area contributed by atoms with E-state index >= 15 is 0 Å². The van der Waals surface area contributed by atoms with Crippen molar-refractivity contribution in [1.82, 2.24) is 9.47 Å². The zero-order valence-corrected chi connectivity index (χ0v) is 36.7. The molecule has 8 unspecified atom stereocenters. The summed E-state index contributed by atoms with van der Waals surface area (Å²) in [5.41, 5.74) is 17.9. The van der Waals surface area contributed by atoms with Crippen LogP contribution in [0.1, 0.15) is 124 Å². The average molecular weight is 813 g/mol. The van der Waals surface area contributed by atoms with Gasteiger partial charge in [0.05, 0.1) is 0 Å². The lowest BCUT2D eigenvalue weighted by Gasteiger charge is -2.38. The molecule has 12 rings (SSSR count). The fourth-order valence-electron chi connectivity index (χ4n) is 13.4. The second kappa shape index (κ2) is 16.7. The first-order valence-corrected chi connectivity index (χ1v) is 24.8. The summed E-state index contributed by atoms with van der Waals surface area (Å²) < 4.78 is 2.65. The molecule has 2 aromatic rings. The molecule has 1 saturated heterocycles. The van der Waals surface area contributed by atoms with Gasteiger partial charge in [0, 0.05) is 58.9 Å². The highest BCUT2D eigenvalue weighted by Gasteiger charge is 2.49. The third-order valence-corrected chi connectivity index (χ3v) is 16.5. The van der Waals surface area contributed by atoms with Gasteiger partial charge in [-0.05, 0) is 177 Å². The molecule has 2 heteroatoms. The third kappa shape index (κ3) is 7.06. The number of likely N-dealkylation sites (tertiary alicyclic amines) is 1. The van der Waals surface area contributed by atoms with Gasteiger partial charge in [0.25, 0.3) is 0 Å². The number of aromatic nitrogens is 1. The van der Waals surface area contributed by atoms with E-state index in [-0.39, 0.29) is 0 Å². The van der Waals surface area contributed by atoms with Gasteiger partial charge in [-0.3, -0.25) is 4.90 Å². The van der Waals surface area contributed by atoms with Crippen LogP contribution in [0.4, 0.5) is 0 Å². The maximum Gasteiger partial charge on any atom is 0.0494 e. The van der Waals surface area contributed by atoms with E-state index in [1.165, 1.54) is 103 Å². The van der Waals surface area contributed by atoms with Crippen molar-refractivity contribution in [3.05, 3.63) is 195 Å². The van der Waals surface area contributed by atoms with Crippen molar-refractivity contribution in [2.45, 2.75) is 127 Å². The molecule has 0 N–H and O–H groups in total. The Bertz CT molecular complexity index is 2520. The molecule has 1 aromatic heterocycles. The van der Waals surface area contributed by atoms with Crippen LogP contribution in [0.3, 0.4) is 0 Å². The van der Waals surface area contributed by atoms with Gasteiger partial charge in [0.2, 0.25) is 0 Å². The quantitative estimate of drug-likeness (QED) is 0.253. The predicted molar refractivity (Wildman–Crippen MR) is 260 cm³/mol. The van der Waals surface area contributed by atoms with Crippen LogP contribution in [-0.2, 0) is 12.8 Å². The average Bonchev–Trinajstić information content (AvgIpc) is 3.87. The fraction of sp³-hybridized carbons (Fsp3) is 0.400. The summed E-state index contributed by atoms with van der Waals surface area (Å²) in [6.45, 7) is 0. The second-order valence-corrected chi connectivity index (χ2v) is 20.0. The minimum absolute atomic E-state index is 0.372. The Hall–Kier alpha value is -4.92. The van der Waals surface area contributed by atoms with Crippen LogP contribution in [0.5, 0.6) is 0 Å². The number of benzene rings is 1. The van der Waals surface area contributed by atoms with Gasteiger partial charge in [0.15, 0.2) is 0 Å². The largest absolute Gasteiger partial charge is 0.313 e. The lowest BCUT2D eigenvalue weighted by atomic mass is 9.76. The van der Waals surface area contributed by atoms with Crippen LogP contribution >= 0.6 is 0 Å². The Labute approximate surface area is 371 Å². The maximum atomic E-state index is 2.95. The number of nitrogens with zero attached hydrogens (tertiary/aromatic N) is 2. The predicted octanol–water partition coefficient (Wildman–Crippen LogP) is 14.5. The van der Waals surface area contributed by atoms with Gasteiger partial charge in [-0.15, -0.1) is 0 Å². The minimum Gasteiger partial charge on any atom is -0.313 e. The molecule has 0 spiro atoms. The standard InChI is InChI=1S/C60H64N2/c1-4-15-41(16-5-1)45-21-14-22-52(38-45)62-58-26-13-11-24-54(58)56-34-30-47(40-60(56)62)46-29-33-55-53-23-10-12-25-57(53)61(59(55)39-46)51-31-27-44(28-32-51)50-36-48(42-17-6-2-7-18-42)35-49(37-50)43-19-8-3-9-20-43/h2,6,8,12-15,17,19,21,25-35,37-38,40,43,46,50,52,54,56,58,60H,1,3-5,7,9-11,16,18,20,22-24,36,39H2. The summed E-state index contributed by atoms with van der Waals surface area (Å²) in [7, 11) is 0. The summed E-state index contributed by atoms with van der Waals surface area (Å²) in [5.74, 6) is 2.61.